The molecule has 0 aromatic heterocycles. The van der Waals surface area contributed by atoms with Crippen molar-refractivity contribution in [3.8, 4) is 0 Å². The summed E-state index contributed by atoms with van der Waals surface area (Å²) in [5.41, 5.74) is 0. The zero-order valence-electron chi connectivity index (χ0n) is 9.11. The molecule has 1 aliphatic heterocycles. The van der Waals surface area contributed by atoms with Crippen molar-refractivity contribution in [3.05, 3.63) is 0 Å². The van der Waals surface area contributed by atoms with Crippen molar-refractivity contribution in [2.45, 2.75) is 37.5 Å². The molecule has 0 bridgehead atoms. The lowest BCUT2D eigenvalue weighted by molar-refractivity contribution is -0.192. The lowest BCUT2D eigenvalue weighted by atomic mass is 9.96. The Labute approximate surface area is 103 Å². The number of amides is 1. The molecule has 4 N–H and O–H groups in total. The maximum Gasteiger partial charge on any atom is 0.217 e. The van der Waals surface area contributed by atoms with E-state index < -0.39 is 43.1 Å². The summed E-state index contributed by atoms with van der Waals surface area (Å²) < 4.78 is 5.20. The van der Waals surface area contributed by atoms with Crippen LogP contribution >= 0.6 is 12.2 Å². The van der Waals surface area contributed by atoms with Crippen molar-refractivity contribution in [3.63, 3.8) is 0 Å². The number of aliphatic hydroxyl groups is 3. The molecule has 1 aliphatic rings. The van der Waals surface area contributed by atoms with Crippen molar-refractivity contribution >= 4 is 23.3 Å². The molecule has 8 heteroatoms. The normalized spacial score (nSPS) is 37.1. The number of nitrogens with one attached hydrogen (secondary N) is 1. The van der Waals surface area contributed by atoms with Crippen LogP contribution in [0.15, 0.2) is 4.99 Å². The van der Waals surface area contributed by atoms with E-state index in [9.17, 15) is 15.0 Å². The third kappa shape index (κ3) is 3.29. The Bertz CT molecular complexity index is 333. The zero-order valence-corrected chi connectivity index (χ0v) is 9.92. The fourth-order valence-corrected chi connectivity index (χ4v) is 1.75. The molecule has 0 saturated carbocycles. The number of hydrogen-bond acceptors (Lipinski definition) is 7. The lowest BCUT2D eigenvalue weighted by Gasteiger charge is -2.40. The Morgan fingerprint density at radius 2 is 2.18 bits per heavy atom. The van der Waals surface area contributed by atoms with Gasteiger partial charge in [-0.2, -0.15) is 4.99 Å². The smallest absolute Gasteiger partial charge is 0.217 e. The molecule has 1 amide bonds. The van der Waals surface area contributed by atoms with Gasteiger partial charge in [0.15, 0.2) is 6.23 Å². The third-order valence-corrected chi connectivity index (χ3v) is 2.56. The zero-order chi connectivity index (χ0) is 13.0. The third-order valence-electron chi connectivity index (χ3n) is 2.45. The summed E-state index contributed by atoms with van der Waals surface area (Å²) in [5, 5.41) is 32.9. The molecule has 1 fully saturated rings. The Morgan fingerprint density at radius 1 is 1.53 bits per heavy atom. The van der Waals surface area contributed by atoms with Gasteiger partial charge in [-0.25, -0.2) is 0 Å². The van der Waals surface area contributed by atoms with Crippen molar-refractivity contribution < 1.29 is 24.9 Å². The maximum atomic E-state index is 11.0. The first-order valence-corrected chi connectivity index (χ1v) is 5.38. The summed E-state index contributed by atoms with van der Waals surface area (Å²) in [6, 6.07) is -0.930. The number of thiocarbonyl (C=S) groups is 1. The maximum absolute atomic E-state index is 11.0. The fourth-order valence-electron chi connectivity index (χ4n) is 1.65. The SMILES string of the molecule is CC(=O)NC1C(N=C=S)OC(CO)C(O)C1O. The van der Waals surface area contributed by atoms with Gasteiger partial charge in [-0.05, 0) is 12.2 Å². The Hall–Kier alpha value is -0.890. The second-order valence-electron chi connectivity index (χ2n) is 3.68. The van der Waals surface area contributed by atoms with Gasteiger partial charge in [0, 0.05) is 6.92 Å². The highest BCUT2D eigenvalue weighted by molar-refractivity contribution is 7.78. The minimum absolute atomic E-state index is 0.406. The molecule has 17 heavy (non-hydrogen) atoms. The lowest BCUT2D eigenvalue weighted by Crippen LogP contribution is -2.63. The standard InChI is InChI=1S/C9H14N2O5S/c1-4(13)11-6-8(15)7(14)5(2-12)16-9(6)10-3-17/h5-9,12,14-15H,2H2,1H3,(H,11,13). The van der Waals surface area contributed by atoms with Crippen LogP contribution in [0, 0.1) is 0 Å². The molecule has 5 atom stereocenters. The van der Waals surface area contributed by atoms with E-state index in [-0.39, 0.29) is 0 Å². The first-order valence-electron chi connectivity index (χ1n) is 4.97. The Kier molecular flexibility index (Phi) is 5.13. The van der Waals surface area contributed by atoms with Gasteiger partial charge in [-0.3, -0.25) is 4.79 Å². The molecule has 0 aliphatic carbocycles. The van der Waals surface area contributed by atoms with E-state index in [1.54, 1.807) is 0 Å². The minimum Gasteiger partial charge on any atom is -0.394 e. The molecular formula is C9H14N2O5S. The van der Waals surface area contributed by atoms with Crippen LogP contribution in [-0.4, -0.2) is 63.6 Å². The molecule has 0 spiro atoms. The number of aliphatic hydroxyl groups excluding tert-OH is 3. The van der Waals surface area contributed by atoms with Crippen LogP contribution in [0.25, 0.3) is 0 Å². The Morgan fingerprint density at radius 3 is 2.65 bits per heavy atom. The molecule has 0 aromatic carbocycles. The molecule has 0 aromatic rings. The van der Waals surface area contributed by atoms with E-state index in [0.717, 1.165) is 0 Å². The van der Waals surface area contributed by atoms with Crippen molar-refractivity contribution in [2.24, 2.45) is 4.99 Å². The average molecular weight is 262 g/mol. The van der Waals surface area contributed by atoms with Crippen LogP contribution in [0.5, 0.6) is 0 Å². The number of isothiocyanates is 1. The topological polar surface area (TPSA) is 111 Å². The molecule has 1 saturated heterocycles. The number of rotatable bonds is 3. The van der Waals surface area contributed by atoms with Gasteiger partial charge >= 0.3 is 0 Å². The van der Waals surface area contributed by atoms with E-state index in [1.165, 1.54) is 6.92 Å². The van der Waals surface area contributed by atoms with Crippen LogP contribution in [0.1, 0.15) is 6.92 Å². The summed E-state index contributed by atoms with van der Waals surface area (Å²) in [6.45, 7) is 0.782. The molecule has 5 unspecified atom stereocenters. The van der Waals surface area contributed by atoms with E-state index in [1.807, 2.05) is 0 Å². The van der Waals surface area contributed by atoms with Gasteiger partial charge in [0.25, 0.3) is 0 Å². The van der Waals surface area contributed by atoms with Crippen molar-refractivity contribution in [2.75, 3.05) is 6.61 Å². The predicted molar refractivity (Wildman–Crippen MR) is 60.4 cm³/mol. The highest BCUT2D eigenvalue weighted by Crippen LogP contribution is 2.21. The highest BCUT2D eigenvalue weighted by Gasteiger charge is 2.44. The van der Waals surface area contributed by atoms with Crippen LogP contribution in [-0.2, 0) is 9.53 Å². The second-order valence-corrected chi connectivity index (χ2v) is 3.86. The molecule has 96 valence electrons. The number of carbonyl (C=O) groups is 1. The summed E-state index contributed by atoms with van der Waals surface area (Å²) in [6.07, 6.45) is -4.57. The monoisotopic (exact) mass is 262 g/mol. The molecular weight excluding hydrogens is 248 g/mol. The van der Waals surface area contributed by atoms with E-state index in [0.29, 0.717) is 0 Å². The van der Waals surface area contributed by atoms with Gasteiger partial charge in [-0.15, -0.1) is 0 Å². The van der Waals surface area contributed by atoms with E-state index in [4.69, 9.17) is 9.84 Å². The van der Waals surface area contributed by atoms with Gasteiger partial charge < -0.3 is 25.4 Å². The number of aliphatic imine (C=N–C) groups is 1. The fraction of sp³-hybridized carbons (Fsp3) is 0.778. The van der Waals surface area contributed by atoms with Crippen LogP contribution in [0.3, 0.4) is 0 Å². The van der Waals surface area contributed by atoms with E-state index >= 15 is 0 Å². The van der Waals surface area contributed by atoms with Gasteiger partial charge in [-0.1, -0.05) is 0 Å². The van der Waals surface area contributed by atoms with Crippen LogP contribution in [0.2, 0.25) is 0 Å². The first kappa shape index (κ1) is 14.2. The summed E-state index contributed by atoms with van der Waals surface area (Å²) in [7, 11) is 0. The van der Waals surface area contributed by atoms with E-state index in [2.05, 4.69) is 27.7 Å². The number of carbonyl (C=O) groups excluding carboxylic acids is 1. The minimum atomic E-state index is -1.31. The summed E-state index contributed by atoms with van der Waals surface area (Å²) in [5.74, 6) is -0.406. The first-order chi connectivity index (χ1) is 8.01. The Balaban J connectivity index is 2.90. The molecule has 1 heterocycles. The molecule has 1 rings (SSSR count). The number of hydrogen-bond donors (Lipinski definition) is 4. The second kappa shape index (κ2) is 6.15. The largest absolute Gasteiger partial charge is 0.394 e. The number of ether oxygens (including phenoxy) is 1. The van der Waals surface area contributed by atoms with Gasteiger partial charge in [0.2, 0.25) is 5.91 Å². The average Bonchev–Trinajstić information content (AvgIpc) is 2.28. The number of nitrogens with zero attached hydrogens (tertiary/aromatic N) is 1. The van der Waals surface area contributed by atoms with Crippen molar-refractivity contribution in [1.29, 1.82) is 0 Å². The molecule has 7 nitrogen and oxygen atoms in total. The predicted octanol–water partition coefficient (Wildman–Crippen LogP) is -1.97. The van der Waals surface area contributed by atoms with Gasteiger partial charge in [0.1, 0.15) is 24.4 Å². The van der Waals surface area contributed by atoms with Crippen molar-refractivity contribution in [1.82, 2.24) is 5.32 Å². The van der Waals surface area contributed by atoms with Crippen LogP contribution in [0.4, 0.5) is 0 Å². The summed E-state index contributed by atoms with van der Waals surface area (Å²) >= 11 is 4.43. The summed E-state index contributed by atoms with van der Waals surface area (Å²) in [4.78, 5) is 14.6. The van der Waals surface area contributed by atoms with Gasteiger partial charge in [0.05, 0.1) is 11.8 Å². The van der Waals surface area contributed by atoms with Crippen LogP contribution < -0.4 is 5.32 Å². The highest BCUT2D eigenvalue weighted by atomic mass is 32.1. The molecule has 0 radical (unpaired) electrons. The quantitative estimate of drug-likeness (QED) is 0.347.